The number of aryl methyl sites for hydroxylation is 1. The van der Waals surface area contributed by atoms with Gasteiger partial charge in [-0.3, -0.25) is 0 Å². The third kappa shape index (κ3) is 1.37. The highest BCUT2D eigenvalue weighted by Gasteiger charge is 2.37. The first kappa shape index (κ1) is 10.6. The first-order chi connectivity index (χ1) is 8.72. The van der Waals surface area contributed by atoms with Gasteiger partial charge < -0.3 is 9.88 Å². The van der Waals surface area contributed by atoms with Crippen molar-refractivity contribution in [1.82, 2.24) is 9.88 Å². The summed E-state index contributed by atoms with van der Waals surface area (Å²) in [5.41, 5.74) is 3.77. The lowest BCUT2D eigenvalue weighted by Gasteiger charge is -2.24. The maximum absolute atomic E-state index is 13.3. The molecule has 1 fully saturated rings. The van der Waals surface area contributed by atoms with Gasteiger partial charge in [-0.2, -0.15) is 0 Å². The van der Waals surface area contributed by atoms with Gasteiger partial charge in [0.2, 0.25) is 0 Å². The summed E-state index contributed by atoms with van der Waals surface area (Å²) in [5, 5.41) is 1.23. The van der Waals surface area contributed by atoms with Crippen LogP contribution in [-0.4, -0.2) is 30.0 Å². The summed E-state index contributed by atoms with van der Waals surface area (Å²) in [6.45, 7) is 2.35. The average molecular weight is 244 g/mol. The van der Waals surface area contributed by atoms with Gasteiger partial charge in [-0.25, -0.2) is 4.39 Å². The van der Waals surface area contributed by atoms with Crippen LogP contribution in [-0.2, 0) is 6.42 Å². The fourth-order valence-corrected chi connectivity index (χ4v) is 3.90. The highest BCUT2D eigenvalue weighted by Crippen LogP contribution is 2.44. The summed E-state index contributed by atoms with van der Waals surface area (Å²) in [6, 6.07) is 5.15. The zero-order valence-corrected chi connectivity index (χ0v) is 10.5. The number of H-pyrrole nitrogens is 1. The molecule has 2 aromatic rings. The zero-order chi connectivity index (χ0) is 12.3. The minimum atomic E-state index is -0.152. The van der Waals surface area contributed by atoms with E-state index in [1.165, 1.54) is 29.6 Å². The molecule has 3 heteroatoms. The van der Waals surface area contributed by atoms with Crippen LogP contribution in [0.25, 0.3) is 10.9 Å². The summed E-state index contributed by atoms with van der Waals surface area (Å²) in [6.07, 6.45) is 2.37. The van der Waals surface area contributed by atoms with Gasteiger partial charge in [0.25, 0.3) is 0 Å². The van der Waals surface area contributed by atoms with Gasteiger partial charge in [0, 0.05) is 35.6 Å². The Morgan fingerprint density at radius 1 is 1.33 bits per heavy atom. The van der Waals surface area contributed by atoms with Crippen molar-refractivity contribution < 1.29 is 4.39 Å². The van der Waals surface area contributed by atoms with Crippen molar-refractivity contribution in [1.29, 1.82) is 0 Å². The van der Waals surface area contributed by atoms with E-state index < -0.39 is 0 Å². The van der Waals surface area contributed by atoms with E-state index in [1.54, 1.807) is 12.1 Å². The molecule has 2 heterocycles. The molecule has 4 rings (SSSR count). The van der Waals surface area contributed by atoms with Crippen LogP contribution in [0.4, 0.5) is 4.39 Å². The maximum Gasteiger partial charge on any atom is 0.125 e. The van der Waals surface area contributed by atoms with Gasteiger partial charge in [0.05, 0.1) is 0 Å². The molecule has 2 atom stereocenters. The van der Waals surface area contributed by atoms with Crippen molar-refractivity contribution >= 4 is 10.9 Å². The molecule has 1 aliphatic heterocycles. The zero-order valence-electron chi connectivity index (χ0n) is 10.5. The van der Waals surface area contributed by atoms with E-state index in [9.17, 15) is 4.39 Å². The summed E-state index contributed by atoms with van der Waals surface area (Å²) < 4.78 is 13.3. The number of benzene rings is 1. The second kappa shape index (κ2) is 3.58. The predicted octanol–water partition coefficient (Wildman–Crippen LogP) is 2.90. The molecule has 0 amide bonds. The van der Waals surface area contributed by atoms with Crippen LogP contribution in [0.3, 0.4) is 0 Å². The van der Waals surface area contributed by atoms with E-state index in [1.807, 2.05) is 6.07 Å². The van der Waals surface area contributed by atoms with Crippen LogP contribution in [0.2, 0.25) is 0 Å². The molecule has 1 N–H and O–H groups in total. The number of hydrogen-bond donors (Lipinski definition) is 1. The van der Waals surface area contributed by atoms with Crippen molar-refractivity contribution in [3.05, 3.63) is 35.3 Å². The Labute approximate surface area is 106 Å². The number of nitrogens with zero attached hydrogens (tertiary/aromatic N) is 1. The van der Waals surface area contributed by atoms with Gasteiger partial charge in [0.15, 0.2) is 0 Å². The van der Waals surface area contributed by atoms with E-state index >= 15 is 0 Å². The van der Waals surface area contributed by atoms with E-state index in [2.05, 4.69) is 16.9 Å². The Hall–Kier alpha value is -1.35. The van der Waals surface area contributed by atoms with Crippen molar-refractivity contribution in [2.75, 3.05) is 20.1 Å². The second-order valence-corrected chi connectivity index (χ2v) is 5.83. The Balaban J connectivity index is 1.93. The number of fused-ring (bicyclic) bond motifs is 5. The van der Waals surface area contributed by atoms with E-state index in [-0.39, 0.29) is 5.82 Å². The molecule has 1 aromatic carbocycles. The molecule has 0 spiro atoms. The minimum Gasteiger partial charge on any atom is -0.358 e. The number of likely N-dealkylation sites (N-methyl/N-ethyl adjacent to an activating group) is 1. The SMILES string of the molecule is CN1C[C@@H]2CCc3[nH]c4cc(F)ccc4c3[C@@H]2C1. The molecule has 1 saturated heterocycles. The Kier molecular flexibility index (Phi) is 2.10. The molecule has 0 unspecified atom stereocenters. The van der Waals surface area contributed by atoms with Crippen LogP contribution in [0.15, 0.2) is 18.2 Å². The number of aromatic nitrogens is 1. The van der Waals surface area contributed by atoms with Crippen LogP contribution >= 0.6 is 0 Å². The monoisotopic (exact) mass is 244 g/mol. The van der Waals surface area contributed by atoms with Crippen molar-refractivity contribution in [3.63, 3.8) is 0 Å². The lowest BCUT2D eigenvalue weighted by atomic mass is 9.79. The molecular weight excluding hydrogens is 227 g/mol. The molecule has 94 valence electrons. The van der Waals surface area contributed by atoms with E-state index in [0.29, 0.717) is 5.92 Å². The predicted molar refractivity (Wildman–Crippen MR) is 70.3 cm³/mol. The maximum atomic E-state index is 13.3. The van der Waals surface area contributed by atoms with Gasteiger partial charge in [-0.05, 0) is 49.6 Å². The summed E-state index contributed by atoms with van der Waals surface area (Å²) in [7, 11) is 2.20. The summed E-state index contributed by atoms with van der Waals surface area (Å²) in [4.78, 5) is 5.85. The molecule has 18 heavy (non-hydrogen) atoms. The van der Waals surface area contributed by atoms with Crippen LogP contribution < -0.4 is 0 Å². The van der Waals surface area contributed by atoms with E-state index in [4.69, 9.17) is 0 Å². The summed E-state index contributed by atoms with van der Waals surface area (Å²) in [5.74, 6) is 1.27. The molecule has 2 nitrogen and oxygen atoms in total. The lowest BCUT2D eigenvalue weighted by Crippen LogP contribution is -2.18. The minimum absolute atomic E-state index is 0.152. The van der Waals surface area contributed by atoms with Crippen LogP contribution in [0, 0.1) is 11.7 Å². The molecule has 1 aromatic heterocycles. The van der Waals surface area contributed by atoms with Crippen molar-refractivity contribution in [3.8, 4) is 0 Å². The molecule has 0 radical (unpaired) electrons. The Morgan fingerprint density at radius 2 is 2.22 bits per heavy atom. The normalized spacial score (nSPS) is 27.4. The first-order valence-corrected chi connectivity index (χ1v) is 6.71. The van der Waals surface area contributed by atoms with Gasteiger partial charge >= 0.3 is 0 Å². The molecule has 0 saturated carbocycles. The number of halogens is 1. The number of aromatic amines is 1. The first-order valence-electron chi connectivity index (χ1n) is 6.71. The number of likely N-dealkylation sites (tertiary alicyclic amines) is 1. The number of hydrogen-bond acceptors (Lipinski definition) is 1. The van der Waals surface area contributed by atoms with E-state index in [0.717, 1.165) is 24.4 Å². The summed E-state index contributed by atoms with van der Waals surface area (Å²) >= 11 is 0. The van der Waals surface area contributed by atoms with Gasteiger partial charge in [-0.1, -0.05) is 0 Å². The fourth-order valence-electron chi connectivity index (χ4n) is 3.90. The molecule has 1 aliphatic carbocycles. The highest BCUT2D eigenvalue weighted by atomic mass is 19.1. The highest BCUT2D eigenvalue weighted by molar-refractivity contribution is 5.85. The quantitative estimate of drug-likeness (QED) is 0.755. The molecule has 2 aliphatic rings. The average Bonchev–Trinajstić information content (AvgIpc) is 2.86. The van der Waals surface area contributed by atoms with Crippen LogP contribution in [0.5, 0.6) is 0 Å². The van der Waals surface area contributed by atoms with Crippen molar-refractivity contribution in [2.24, 2.45) is 5.92 Å². The Bertz CT molecular complexity index is 616. The number of nitrogens with one attached hydrogen (secondary N) is 1. The topological polar surface area (TPSA) is 19.0 Å². The van der Waals surface area contributed by atoms with Gasteiger partial charge in [0.1, 0.15) is 5.82 Å². The third-order valence-electron chi connectivity index (χ3n) is 4.64. The smallest absolute Gasteiger partial charge is 0.125 e. The molecular formula is C15H17FN2. The molecule has 0 bridgehead atoms. The van der Waals surface area contributed by atoms with Gasteiger partial charge in [-0.15, -0.1) is 0 Å². The van der Waals surface area contributed by atoms with Crippen LogP contribution in [0.1, 0.15) is 23.6 Å². The number of rotatable bonds is 0. The van der Waals surface area contributed by atoms with Crippen molar-refractivity contribution in [2.45, 2.75) is 18.8 Å². The fraction of sp³-hybridized carbons (Fsp3) is 0.467. The largest absolute Gasteiger partial charge is 0.358 e. The second-order valence-electron chi connectivity index (χ2n) is 5.83. The Morgan fingerprint density at radius 3 is 3.11 bits per heavy atom. The standard InChI is InChI=1S/C15H17FN2/c1-18-7-9-2-5-13-15(12(9)8-18)11-4-3-10(16)6-14(11)17-13/h3-4,6,9,12,17H,2,5,7-8H2,1H3/t9-,12+/m0/s1. The lowest BCUT2D eigenvalue weighted by molar-refractivity contribution is 0.386. The third-order valence-corrected chi connectivity index (χ3v) is 4.64.